The molecule has 0 saturated carbocycles. The normalized spacial score (nSPS) is 16.8. The van der Waals surface area contributed by atoms with E-state index >= 15 is 0 Å². The third kappa shape index (κ3) is 4.59. The van der Waals surface area contributed by atoms with Crippen molar-refractivity contribution in [3.05, 3.63) is 53.3 Å². The number of aromatic nitrogens is 2. The summed E-state index contributed by atoms with van der Waals surface area (Å²) in [6.07, 6.45) is 4.02. The molecular weight excluding hydrogens is 354 g/mol. The van der Waals surface area contributed by atoms with Crippen molar-refractivity contribution < 1.29 is 9.59 Å². The Morgan fingerprint density at radius 2 is 2.07 bits per heavy atom. The molecule has 3 rings (SSSR count). The van der Waals surface area contributed by atoms with Crippen LogP contribution in [-0.2, 0) is 17.8 Å². The Balaban J connectivity index is 1.72. The van der Waals surface area contributed by atoms with Gasteiger partial charge in [-0.05, 0) is 24.8 Å². The number of rotatable bonds is 7. The van der Waals surface area contributed by atoms with E-state index in [1.54, 1.807) is 11.1 Å². The fourth-order valence-corrected chi connectivity index (χ4v) is 3.74. The van der Waals surface area contributed by atoms with Gasteiger partial charge in [-0.25, -0.2) is 0 Å². The van der Waals surface area contributed by atoms with Crippen LogP contribution in [0, 0.1) is 5.92 Å². The molecule has 2 aromatic rings. The minimum Gasteiger partial charge on any atom is -0.355 e. The number of carbonyl (C=O) groups is 2. The molecule has 0 bridgehead atoms. The highest BCUT2D eigenvalue weighted by Gasteiger charge is 2.30. The van der Waals surface area contributed by atoms with E-state index in [1.807, 2.05) is 29.8 Å². The second-order valence-corrected chi connectivity index (χ2v) is 7.17. The molecule has 28 heavy (non-hydrogen) atoms. The second-order valence-electron chi connectivity index (χ2n) is 7.17. The van der Waals surface area contributed by atoms with Crippen molar-refractivity contribution in [2.45, 2.75) is 32.7 Å². The van der Waals surface area contributed by atoms with Crippen molar-refractivity contribution in [2.24, 2.45) is 11.7 Å². The molecular formula is C21H29N5O2. The molecule has 1 aliphatic rings. The number of likely N-dealkylation sites (tertiary alicyclic amines) is 1. The molecule has 1 atom stereocenters. The van der Waals surface area contributed by atoms with E-state index in [2.05, 4.69) is 22.5 Å². The fraction of sp³-hybridized carbons (Fsp3) is 0.476. The van der Waals surface area contributed by atoms with Gasteiger partial charge in [-0.3, -0.25) is 14.3 Å². The minimum atomic E-state index is -0.173. The molecule has 0 spiro atoms. The number of hydrogen-bond acceptors (Lipinski definition) is 4. The predicted octanol–water partition coefficient (Wildman–Crippen LogP) is 1.42. The first-order valence-corrected chi connectivity index (χ1v) is 9.99. The molecule has 1 aromatic carbocycles. The third-order valence-electron chi connectivity index (χ3n) is 5.21. The van der Waals surface area contributed by atoms with Gasteiger partial charge in [0.15, 0.2) is 0 Å². The van der Waals surface area contributed by atoms with E-state index < -0.39 is 0 Å². The average molecular weight is 383 g/mol. The first kappa shape index (κ1) is 20.1. The van der Waals surface area contributed by atoms with Crippen LogP contribution >= 0.6 is 0 Å². The van der Waals surface area contributed by atoms with Gasteiger partial charge in [-0.1, -0.05) is 37.3 Å². The maximum atomic E-state index is 13.1. The van der Waals surface area contributed by atoms with E-state index in [0.29, 0.717) is 38.3 Å². The van der Waals surface area contributed by atoms with Gasteiger partial charge in [0.1, 0.15) is 0 Å². The summed E-state index contributed by atoms with van der Waals surface area (Å²) in [6, 6.07) is 10.1. The standard InChI is InChI=1S/C21H29N5O2/c1-2-19-18(13-24-26(19)14-16-7-4-3-5-8-16)21(28)25-12-6-9-17(15-25)20(27)23-11-10-22/h3-5,7-8,13,17H,2,6,9-12,14-15,22H2,1H3,(H,23,27). The van der Waals surface area contributed by atoms with Crippen LogP contribution in [0.2, 0.25) is 0 Å². The molecule has 2 heterocycles. The molecule has 0 radical (unpaired) electrons. The maximum Gasteiger partial charge on any atom is 0.257 e. The van der Waals surface area contributed by atoms with Gasteiger partial charge in [-0.15, -0.1) is 0 Å². The van der Waals surface area contributed by atoms with Crippen molar-refractivity contribution in [1.82, 2.24) is 20.0 Å². The molecule has 1 saturated heterocycles. The van der Waals surface area contributed by atoms with Crippen molar-refractivity contribution >= 4 is 11.8 Å². The highest BCUT2D eigenvalue weighted by molar-refractivity contribution is 5.95. The number of nitrogens with one attached hydrogen (secondary N) is 1. The summed E-state index contributed by atoms with van der Waals surface area (Å²) in [5.74, 6) is -0.223. The Bertz CT molecular complexity index is 802. The Morgan fingerprint density at radius 3 is 2.79 bits per heavy atom. The number of carbonyl (C=O) groups excluding carboxylic acids is 2. The average Bonchev–Trinajstić information content (AvgIpc) is 3.14. The van der Waals surface area contributed by atoms with Crippen molar-refractivity contribution in [1.29, 1.82) is 0 Å². The maximum absolute atomic E-state index is 13.1. The largest absolute Gasteiger partial charge is 0.355 e. The van der Waals surface area contributed by atoms with Crippen molar-refractivity contribution in [2.75, 3.05) is 26.2 Å². The smallest absolute Gasteiger partial charge is 0.257 e. The minimum absolute atomic E-state index is 0.0153. The first-order valence-electron chi connectivity index (χ1n) is 9.99. The number of piperidine rings is 1. The first-order chi connectivity index (χ1) is 13.6. The lowest BCUT2D eigenvalue weighted by molar-refractivity contribution is -0.126. The summed E-state index contributed by atoms with van der Waals surface area (Å²) in [5, 5.41) is 7.31. The summed E-state index contributed by atoms with van der Waals surface area (Å²) in [6.45, 7) is 4.68. The van der Waals surface area contributed by atoms with Crippen LogP contribution in [0.1, 0.15) is 41.4 Å². The van der Waals surface area contributed by atoms with Crippen LogP contribution < -0.4 is 11.1 Å². The van der Waals surface area contributed by atoms with Crippen LogP contribution in [0.3, 0.4) is 0 Å². The molecule has 150 valence electrons. The Hall–Kier alpha value is -2.67. The van der Waals surface area contributed by atoms with Crippen LogP contribution in [0.4, 0.5) is 0 Å². The topological polar surface area (TPSA) is 93.2 Å². The second kappa shape index (κ2) is 9.50. The zero-order chi connectivity index (χ0) is 19.9. The van der Waals surface area contributed by atoms with Crippen LogP contribution in [-0.4, -0.2) is 52.7 Å². The number of benzene rings is 1. The van der Waals surface area contributed by atoms with Gasteiger partial charge in [0.25, 0.3) is 5.91 Å². The molecule has 0 aliphatic carbocycles. The van der Waals surface area contributed by atoms with Gasteiger partial charge in [0.2, 0.25) is 5.91 Å². The van der Waals surface area contributed by atoms with Gasteiger partial charge < -0.3 is 16.0 Å². The molecule has 7 heteroatoms. The molecule has 7 nitrogen and oxygen atoms in total. The summed E-state index contributed by atoms with van der Waals surface area (Å²) in [4.78, 5) is 27.2. The van der Waals surface area contributed by atoms with E-state index in [1.165, 1.54) is 0 Å². The zero-order valence-electron chi connectivity index (χ0n) is 16.4. The molecule has 2 amide bonds. The Morgan fingerprint density at radius 1 is 1.29 bits per heavy atom. The Kier molecular flexibility index (Phi) is 6.81. The highest BCUT2D eigenvalue weighted by Crippen LogP contribution is 2.21. The molecule has 1 unspecified atom stereocenters. The highest BCUT2D eigenvalue weighted by atomic mass is 16.2. The van der Waals surface area contributed by atoms with E-state index in [9.17, 15) is 9.59 Å². The number of hydrogen-bond donors (Lipinski definition) is 2. The predicted molar refractivity (Wildman–Crippen MR) is 108 cm³/mol. The van der Waals surface area contributed by atoms with Gasteiger partial charge in [0.05, 0.1) is 29.9 Å². The summed E-state index contributed by atoms with van der Waals surface area (Å²) in [5.41, 5.74) is 8.18. The molecule has 1 aromatic heterocycles. The Labute approximate surface area is 165 Å². The SMILES string of the molecule is CCc1c(C(=O)N2CCCC(C(=O)NCCN)C2)cnn1Cc1ccccc1. The van der Waals surface area contributed by atoms with Crippen LogP contribution in [0.25, 0.3) is 0 Å². The lowest BCUT2D eigenvalue weighted by atomic mass is 9.96. The van der Waals surface area contributed by atoms with Gasteiger partial charge in [-0.2, -0.15) is 5.10 Å². The van der Waals surface area contributed by atoms with Crippen molar-refractivity contribution in [3.63, 3.8) is 0 Å². The summed E-state index contributed by atoms with van der Waals surface area (Å²) >= 11 is 0. The van der Waals surface area contributed by atoms with Gasteiger partial charge >= 0.3 is 0 Å². The molecule has 1 aliphatic heterocycles. The monoisotopic (exact) mass is 383 g/mol. The van der Waals surface area contributed by atoms with Crippen LogP contribution in [0.5, 0.6) is 0 Å². The van der Waals surface area contributed by atoms with Gasteiger partial charge in [0, 0.05) is 26.2 Å². The van der Waals surface area contributed by atoms with E-state index in [4.69, 9.17) is 5.73 Å². The van der Waals surface area contributed by atoms with Crippen LogP contribution in [0.15, 0.2) is 36.5 Å². The summed E-state index contributed by atoms with van der Waals surface area (Å²) in [7, 11) is 0. The lowest BCUT2D eigenvalue weighted by Crippen LogP contribution is -2.46. The van der Waals surface area contributed by atoms with Crippen molar-refractivity contribution in [3.8, 4) is 0 Å². The number of nitrogens with zero attached hydrogens (tertiary/aromatic N) is 3. The quantitative estimate of drug-likeness (QED) is 0.756. The van der Waals surface area contributed by atoms with E-state index in [0.717, 1.165) is 30.5 Å². The third-order valence-corrected chi connectivity index (χ3v) is 5.21. The lowest BCUT2D eigenvalue weighted by Gasteiger charge is -2.32. The van der Waals surface area contributed by atoms with E-state index in [-0.39, 0.29) is 17.7 Å². The fourth-order valence-electron chi connectivity index (χ4n) is 3.74. The number of amides is 2. The number of nitrogens with two attached hydrogens (primary N) is 1. The zero-order valence-corrected chi connectivity index (χ0v) is 16.4. The molecule has 1 fully saturated rings. The molecule has 3 N–H and O–H groups in total. The summed E-state index contributed by atoms with van der Waals surface area (Å²) < 4.78 is 1.90.